The van der Waals surface area contributed by atoms with Crippen LogP contribution in [0, 0.1) is 11.2 Å². The largest absolute Gasteiger partial charge is 0.480 e. The first-order valence-corrected chi connectivity index (χ1v) is 6.24. The summed E-state index contributed by atoms with van der Waals surface area (Å²) in [6, 6.07) is 1.96. The number of carboxylic acid groups (broad SMARTS) is 1. The van der Waals surface area contributed by atoms with Gasteiger partial charge in [-0.05, 0) is 23.6 Å². The molecular formula is C13H16ClFN2O3. The molecule has 1 atom stereocenters. The average Bonchev–Trinajstić information content (AvgIpc) is 2.29. The summed E-state index contributed by atoms with van der Waals surface area (Å²) in [5, 5.41) is 13.7. The number of carbonyl (C=O) groups excluding carboxylic acids is 1. The van der Waals surface area contributed by atoms with Crippen LogP contribution in [0.5, 0.6) is 0 Å². The van der Waals surface area contributed by atoms with Crippen molar-refractivity contribution in [1.29, 1.82) is 0 Å². The Balaban J connectivity index is 2.76. The third-order valence-corrected chi connectivity index (χ3v) is 2.87. The molecule has 0 aliphatic heterocycles. The fourth-order valence-electron chi connectivity index (χ4n) is 1.52. The molecule has 3 N–H and O–H groups in total. The van der Waals surface area contributed by atoms with Gasteiger partial charge in [0.25, 0.3) is 0 Å². The number of anilines is 1. The number of amides is 2. The van der Waals surface area contributed by atoms with Gasteiger partial charge in [0, 0.05) is 5.69 Å². The van der Waals surface area contributed by atoms with E-state index in [0.717, 1.165) is 6.07 Å². The minimum atomic E-state index is -1.14. The van der Waals surface area contributed by atoms with Crippen molar-refractivity contribution in [2.75, 3.05) is 5.32 Å². The first kappa shape index (κ1) is 16.2. The van der Waals surface area contributed by atoms with Crippen LogP contribution in [0.25, 0.3) is 0 Å². The molecule has 0 unspecified atom stereocenters. The number of halogens is 2. The zero-order valence-electron chi connectivity index (χ0n) is 11.3. The molecule has 0 radical (unpaired) electrons. The minimum absolute atomic E-state index is 0.0611. The zero-order chi connectivity index (χ0) is 15.5. The highest BCUT2D eigenvalue weighted by atomic mass is 35.5. The summed E-state index contributed by atoms with van der Waals surface area (Å²) >= 11 is 5.52. The lowest BCUT2D eigenvalue weighted by molar-refractivity contribution is -0.141. The number of hydrogen-bond acceptors (Lipinski definition) is 2. The Morgan fingerprint density at radius 1 is 1.35 bits per heavy atom. The molecular weight excluding hydrogens is 287 g/mol. The van der Waals surface area contributed by atoms with E-state index in [2.05, 4.69) is 10.6 Å². The van der Waals surface area contributed by atoms with Crippen molar-refractivity contribution in [2.45, 2.75) is 26.8 Å². The highest BCUT2D eigenvalue weighted by molar-refractivity contribution is 6.30. The van der Waals surface area contributed by atoms with Gasteiger partial charge in [0.15, 0.2) is 0 Å². The fraction of sp³-hybridized carbons (Fsp3) is 0.385. The first-order chi connectivity index (χ1) is 9.11. The standard InChI is InChI=1S/C13H16ClFN2O3/c1-13(2,3)10(11(18)19)17-12(20)16-7-4-5-8(14)9(15)6-7/h4-6,10H,1-3H3,(H,18,19)(H2,16,17,20)/t10-/m0/s1. The number of nitrogens with one attached hydrogen (secondary N) is 2. The molecule has 5 nitrogen and oxygen atoms in total. The highest BCUT2D eigenvalue weighted by Crippen LogP contribution is 2.21. The summed E-state index contributed by atoms with van der Waals surface area (Å²) < 4.78 is 13.2. The number of benzene rings is 1. The maximum Gasteiger partial charge on any atom is 0.326 e. The molecule has 0 heterocycles. The third-order valence-electron chi connectivity index (χ3n) is 2.57. The van der Waals surface area contributed by atoms with E-state index in [1.165, 1.54) is 12.1 Å². The zero-order valence-corrected chi connectivity index (χ0v) is 12.1. The van der Waals surface area contributed by atoms with E-state index in [-0.39, 0.29) is 10.7 Å². The summed E-state index contributed by atoms with van der Waals surface area (Å²) in [5.74, 6) is -1.81. The predicted molar refractivity (Wildman–Crippen MR) is 74.4 cm³/mol. The van der Waals surface area contributed by atoms with Crippen LogP contribution in [-0.2, 0) is 4.79 Å². The van der Waals surface area contributed by atoms with Gasteiger partial charge in [-0.1, -0.05) is 32.4 Å². The Kier molecular flexibility index (Phi) is 4.94. The second kappa shape index (κ2) is 6.09. The van der Waals surface area contributed by atoms with Gasteiger partial charge in [0.1, 0.15) is 11.9 Å². The van der Waals surface area contributed by atoms with Crippen molar-refractivity contribution in [3.8, 4) is 0 Å². The van der Waals surface area contributed by atoms with Crippen molar-refractivity contribution >= 4 is 29.3 Å². The molecule has 0 bridgehead atoms. The molecule has 1 aromatic carbocycles. The van der Waals surface area contributed by atoms with Crippen LogP contribution in [-0.4, -0.2) is 23.1 Å². The summed E-state index contributed by atoms with van der Waals surface area (Å²) in [5.41, 5.74) is -0.475. The fourth-order valence-corrected chi connectivity index (χ4v) is 1.64. The Hall–Kier alpha value is -1.82. The van der Waals surface area contributed by atoms with Gasteiger partial charge in [-0.25, -0.2) is 14.0 Å². The lowest BCUT2D eigenvalue weighted by atomic mass is 9.87. The molecule has 1 rings (SSSR count). The second-order valence-corrected chi connectivity index (χ2v) is 5.77. The van der Waals surface area contributed by atoms with E-state index in [9.17, 15) is 14.0 Å². The molecule has 20 heavy (non-hydrogen) atoms. The van der Waals surface area contributed by atoms with E-state index in [0.29, 0.717) is 0 Å². The van der Waals surface area contributed by atoms with Gasteiger partial charge in [0.2, 0.25) is 0 Å². The lowest BCUT2D eigenvalue weighted by Gasteiger charge is -2.27. The number of carbonyl (C=O) groups is 2. The third kappa shape index (κ3) is 4.38. The summed E-state index contributed by atoms with van der Waals surface area (Å²) in [6.07, 6.45) is 0. The molecule has 0 spiro atoms. The number of rotatable bonds is 3. The van der Waals surface area contributed by atoms with Gasteiger partial charge in [-0.15, -0.1) is 0 Å². The maximum absolute atomic E-state index is 13.2. The Bertz CT molecular complexity index is 529. The van der Waals surface area contributed by atoms with Gasteiger partial charge < -0.3 is 15.7 Å². The topological polar surface area (TPSA) is 78.4 Å². The molecule has 1 aromatic rings. The maximum atomic E-state index is 13.2. The normalized spacial score (nSPS) is 12.7. The Labute approximate surface area is 121 Å². The molecule has 0 saturated carbocycles. The number of hydrogen-bond donors (Lipinski definition) is 3. The average molecular weight is 303 g/mol. The Morgan fingerprint density at radius 2 is 1.95 bits per heavy atom. The van der Waals surface area contributed by atoms with Crippen LogP contribution in [0.4, 0.5) is 14.9 Å². The van der Waals surface area contributed by atoms with Crippen molar-refractivity contribution < 1.29 is 19.1 Å². The van der Waals surface area contributed by atoms with Crippen LogP contribution in [0.1, 0.15) is 20.8 Å². The van der Waals surface area contributed by atoms with E-state index in [1.54, 1.807) is 20.8 Å². The molecule has 0 aliphatic carbocycles. The van der Waals surface area contributed by atoms with Crippen molar-refractivity contribution in [2.24, 2.45) is 5.41 Å². The molecule has 110 valence electrons. The quantitative estimate of drug-likeness (QED) is 0.803. The monoisotopic (exact) mass is 302 g/mol. The smallest absolute Gasteiger partial charge is 0.326 e. The summed E-state index contributed by atoms with van der Waals surface area (Å²) in [7, 11) is 0. The highest BCUT2D eigenvalue weighted by Gasteiger charge is 2.32. The SMILES string of the molecule is CC(C)(C)[C@@H](NC(=O)Nc1ccc(Cl)c(F)c1)C(=O)O. The first-order valence-electron chi connectivity index (χ1n) is 5.86. The van der Waals surface area contributed by atoms with Crippen molar-refractivity contribution in [1.82, 2.24) is 5.32 Å². The molecule has 0 aliphatic rings. The van der Waals surface area contributed by atoms with Gasteiger partial charge in [0.05, 0.1) is 5.02 Å². The lowest BCUT2D eigenvalue weighted by Crippen LogP contribution is -2.50. The van der Waals surface area contributed by atoms with Crippen LogP contribution in [0.3, 0.4) is 0 Å². The molecule has 0 saturated heterocycles. The predicted octanol–water partition coefficient (Wildman–Crippen LogP) is 3.10. The van der Waals surface area contributed by atoms with E-state index < -0.39 is 29.3 Å². The number of aliphatic carboxylic acids is 1. The van der Waals surface area contributed by atoms with E-state index in [4.69, 9.17) is 16.7 Å². The van der Waals surface area contributed by atoms with Crippen LogP contribution < -0.4 is 10.6 Å². The van der Waals surface area contributed by atoms with Crippen LogP contribution in [0.15, 0.2) is 18.2 Å². The van der Waals surface area contributed by atoms with Crippen LogP contribution >= 0.6 is 11.6 Å². The van der Waals surface area contributed by atoms with Gasteiger partial charge >= 0.3 is 12.0 Å². The number of carboxylic acids is 1. The van der Waals surface area contributed by atoms with E-state index in [1.807, 2.05) is 0 Å². The second-order valence-electron chi connectivity index (χ2n) is 5.36. The van der Waals surface area contributed by atoms with Gasteiger partial charge in [-0.2, -0.15) is 0 Å². The van der Waals surface area contributed by atoms with Crippen molar-refractivity contribution in [3.05, 3.63) is 29.0 Å². The molecule has 0 fully saturated rings. The van der Waals surface area contributed by atoms with E-state index >= 15 is 0 Å². The Morgan fingerprint density at radius 3 is 2.40 bits per heavy atom. The molecule has 7 heteroatoms. The van der Waals surface area contributed by atoms with Gasteiger partial charge in [-0.3, -0.25) is 0 Å². The van der Waals surface area contributed by atoms with Crippen molar-refractivity contribution in [3.63, 3.8) is 0 Å². The number of urea groups is 1. The molecule has 0 aromatic heterocycles. The summed E-state index contributed by atoms with van der Waals surface area (Å²) in [4.78, 5) is 22.8. The summed E-state index contributed by atoms with van der Waals surface area (Å²) in [6.45, 7) is 5.07. The minimum Gasteiger partial charge on any atom is -0.480 e. The van der Waals surface area contributed by atoms with Crippen LogP contribution in [0.2, 0.25) is 5.02 Å². The molecule has 2 amide bonds.